The number of piperazine rings is 1. The summed E-state index contributed by atoms with van der Waals surface area (Å²) >= 11 is 0. The molecule has 1 N–H and O–H groups in total. The molecule has 0 saturated carbocycles. The van der Waals surface area contributed by atoms with Gasteiger partial charge in [0.2, 0.25) is 10.0 Å². The maximum atomic E-state index is 11.4. The van der Waals surface area contributed by atoms with Crippen molar-refractivity contribution < 1.29 is 13.2 Å². The molecule has 0 amide bonds. The molecule has 0 radical (unpaired) electrons. The van der Waals surface area contributed by atoms with Gasteiger partial charge in [0.15, 0.2) is 0 Å². The van der Waals surface area contributed by atoms with E-state index < -0.39 is 10.0 Å². The van der Waals surface area contributed by atoms with Gasteiger partial charge in [-0.1, -0.05) is 0 Å². The molecule has 1 saturated heterocycles. The second-order valence-corrected chi connectivity index (χ2v) is 6.73. The molecule has 0 bridgehead atoms. The van der Waals surface area contributed by atoms with E-state index in [9.17, 15) is 8.42 Å². The van der Waals surface area contributed by atoms with E-state index in [-0.39, 0.29) is 0 Å². The van der Waals surface area contributed by atoms with Gasteiger partial charge in [-0.3, -0.25) is 4.90 Å². The Hall–Kier alpha value is -0.210. The lowest BCUT2D eigenvalue weighted by molar-refractivity contribution is 0.140. The minimum absolute atomic E-state index is 0.420. The average molecular weight is 279 g/mol. The first-order chi connectivity index (χ1) is 8.45. The van der Waals surface area contributed by atoms with Gasteiger partial charge in [0.05, 0.1) is 12.9 Å². The smallest absolute Gasteiger partial charge is 0.211 e. The zero-order valence-corrected chi connectivity index (χ0v) is 12.4. The summed E-state index contributed by atoms with van der Waals surface area (Å²) in [5, 5.41) is 3.33. The van der Waals surface area contributed by atoms with Crippen LogP contribution in [-0.4, -0.2) is 82.9 Å². The molecule has 1 fully saturated rings. The molecule has 0 aliphatic carbocycles. The van der Waals surface area contributed by atoms with E-state index in [0.717, 1.165) is 26.2 Å². The Bertz CT molecular complexity index is 326. The molecule has 7 heteroatoms. The Kier molecular flexibility index (Phi) is 6.51. The van der Waals surface area contributed by atoms with E-state index >= 15 is 0 Å². The summed E-state index contributed by atoms with van der Waals surface area (Å²) < 4.78 is 29.3. The highest BCUT2D eigenvalue weighted by Gasteiger charge is 2.25. The van der Waals surface area contributed by atoms with Gasteiger partial charge in [-0.25, -0.2) is 8.42 Å². The van der Waals surface area contributed by atoms with Crippen molar-refractivity contribution in [1.82, 2.24) is 14.5 Å². The molecule has 6 nitrogen and oxygen atoms in total. The Balaban J connectivity index is 2.25. The first kappa shape index (κ1) is 15.8. The van der Waals surface area contributed by atoms with Gasteiger partial charge in [-0.15, -0.1) is 0 Å². The summed E-state index contributed by atoms with van der Waals surface area (Å²) in [7, 11) is -1.33. The molecule has 1 heterocycles. The fraction of sp³-hybridized carbons (Fsp3) is 1.00. The SMILES string of the molecule is COCCNCC(C)N1CCN(S(C)(=O)=O)CC1. The lowest BCUT2D eigenvalue weighted by Gasteiger charge is -2.37. The maximum absolute atomic E-state index is 11.4. The van der Waals surface area contributed by atoms with Crippen molar-refractivity contribution in [1.29, 1.82) is 0 Å². The van der Waals surface area contributed by atoms with Gasteiger partial charge in [0.1, 0.15) is 0 Å². The Labute approximate surface area is 110 Å². The van der Waals surface area contributed by atoms with Crippen LogP contribution in [0.3, 0.4) is 0 Å². The molecule has 18 heavy (non-hydrogen) atoms. The zero-order chi connectivity index (χ0) is 13.6. The summed E-state index contributed by atoms with van der Waals surface area (Å²) in [6.45, 7) is 7.44. The Morgan fingerprint density at radius 3 is 2.39 bits per heavy atom. The third-order valence-electron chi connectivity index (χ3n) is 3.29. The summed E-state index contributed by atoms with van der Waals surface area (Å²) in [5.74, 6) is 0. The summed E-state index contributed by atoms with van der Waals surface area (Å²) in [4.78, 5) is 2.32. The fourth-order valence-electron chi connectivity index (χ4n) is 2.09. The van der Waals surface area contributed by atoms with Crippen molar-refractivity contribution in [3.05, 3.63) is 0 Å². The number of hydrogen-bond acceptors (Lipinski definition) is 5. The van der Waals surface area contributed by atoms with Crippen LogP contribution in [0.25, 0.3) is 0 Å². The standard InChI is InChI=1S/C11H25N3O3S/c1-11(10-12-4-9-17-2)13-5-7-14(8-6-13)18(3,15)16/h11-12H,4-10H2,1-3H3. The van der Waals surface area contributed by atoms with Gasteiger partial charge < -0.3 is 10.1 Å². The van der Waals surface area contributed by atoms with Gasteiger partial charge in [0.25, 0.3) is 0 Å². The summed E-state index contributed by atoms with van der Waals surface area (Å²) in [6, 6.07) is 0.420. The predicted molar refractivity (Wildman–Crippen MR) is 72.2 cm³/mol. The predicted octanol–water partition coefficient (Wildman–Crippen LogP) is -0.812. The van der Waals surface area contributed by atoms with Crippen LogP contribution in [0.1, 0.15) is 6.92 Å². The number of methoxy groups -OCH3 is 1. The molecule has 108 valence electrons. The molecular weight excluding hydrogens is 254 g/mol. The monoisotopic (exact) mass is 279 g/mol. The maximum Gasteiger partial charge on any atom is 0.211 e. The number of sulfonamides is 1. The molecule has 1 aliphatic heterocycles. The summed E-state index contributed by atoms with van der Waals surface area (Å²) in [6.07, 6.45) is 1.28. The fourth-order valence-corrected chi connectivity index (χ4v) is 2.92. The third kappa shape index (κ3) is 5.19. The number of nitrogens with one attached hydrogen (secondary N) is 1. The normalized spacial score (nSPS) is 21.1. The highest BCUT2D eigenvalue weighted by Crippen LogP contribution is 2.08. The highest BCUT2D eigenvalue weighted by molar-refractivity contribution is 7.88. The van der Waals surface area contributed by atoms with Crippen LogP contribution in [0.2, 0.25) is 0 Å². The van der Waals surface area contributed by atoms with E-state index in [1.165, 1.54) is 6.26 Å². The molecular formula is C11H25N3O3S. The van der Waals surface area contributed by atoms with Crippen LogP contribution in [0.15, 0.2) is 0 Å². The molecule has 0 aromatic carbocycles. The van der Waals surface area contributed by atoms with E-state index in [0.29, 0.717) is 25.7 Å². The van der Waals surface area contributed by atoms with E-state index in [4.69, 9.17) is 4.74 Å². The van der Waals surface area contributed by atoms with Crippen molar-refractivity contribution in [3.8, 4) is 0 Å². The molecule has 0 aromatic heterocycles. The lowest BCUT2D eigenvalue weighted by atomic mass is 10.2. The van der Waals surface area contributed by atoms with Crippen LogP contribution in [0, 0.1) is 0 Å². The van der Waals surface area contributed by atoms with Crippen molar-refractivity contribution in [2.24, 2.45) is 0 Å². The Morgan fingerprint density at radius 2 is 1.89 bits per heavy atom. The van der Waals surface area contributed by atoms with Gasteiger partial charge in [-0.2, -0.15) is 4.31 Å². The van der Waals surface area contributed by atoms with Crippen molar-refractivity contribution in [2.45, 2.75) is 13.0 Å². The van der Waals surface area contributed by atoms with Gasteiger partial charge in [0, 0.05) is 52.4 Å². The molecule has 1 rings (SSSR count). The summed E-state index contributed by atoms with van der Waals surface area (Å²) in [5.41, 5.74) is 0. The molecule has 0 spiro atoms. The molecule has 1 aliphatic rings. The van der Waals surface area contributed by atoms with Crippen molar-refractivity contribution in [3.63, 3.8) is 0 Å². The second kappa shape index (κ2) is 7.40. The number of ether oxygens (including phenoxy) is 1. The van der Waals surface area contributed by atoms with E-state index in [1.807, 2.05) is 0 Å². The van der Waals surface area contributed by atoms with Gasteiger partial charge in [-0.05, 0) is 6.92 Å². The van der Waals surface area contributed by atoms with Crippen molar-refractivity contribution in [2.75, 3.05) is 59.2 Å². The molecule has 1 atom stereocenters. The lowest BCUT2D eigenvalue weighted by Crippen LogP contribution is -2.53. The number of hydrogen-bond donors (Lipinski definition) is 1. The van der Waals surface area contributed by atoms with Crippen LogP contribution in [-0.2, 0) is 14.8 Å². The van der Waals surface area contributed by atoms with Gasteiger partial charge >= 0.3 is 0 Å². The van der Waals surface area contributed by atoms with Crippen LogP contribution in [0.4, 0.5) is 0 Å². The van der Waals surface area contributed by atoms with Crippen molar-refractivity contribution >= 4 is 10.0 Å². The number of rotatable bonds is 7. The van der Waals surface area contributed by atoms with Crippen LogP contribution < -0.4 is 5.32 Å². The largest absolute Gasteiger partial charge is 0.383 e. The van der Waals surface area contributed by atoms with Crippen LogP contribution in [0.5, 0.6) is 0 Å². The minimum Gasteiger partial charge on any atom is -0.383 e. The minimum atomic E-state index is -3.02. The third-order valence-corrected chi connectivity index (χ3v) is 4.59. The first-order valence-corrected chi connectivity index (χ1v) is 8.19. The highest BCUT2D eigenvalue weighted by atomic mass is 32.2. The van der Waals surface area contributed by atoms with E-state index in [1.54, 1.807) is 11.4 Å². The average Bonchev–Trinajstić information content (AvgIpc) is 2.33. The first-order valence-electron chi connectivity index (χ1n) is 6.34. The van der Waals surface area contributed by atoms with E-state index in [2.05, 4.69) is 17.1 Å². The molecule has 1 unspecified atom stereocenters. The topological polar surface area (TPSA) is 61.9 Å². The second-order valence-electron chi connectivity index (χ2n) is 4.74. The quantitative estimate of drug-likeness (QED) is 0.618. The zero-order valence-electron chi connectivity index (χ0n) is 11.6. The number of nitrogens with zero attached hydrogens (tertiary/aromatic N) is 2. The van der Waals surface area contributed by atoms with Crippen LogP contribution >= 0.6 is 0 Å². The molecule has 0 aromatic rings. The Morgan fingerprint density at radius 1 is 1.28 bits per heavy atom.